The minimum atomic E-state index is -0.969. The summed E-state index contributed by atoms with van der Waals surface area (Å²) in [6.07, 6.45) is 0. The number of hydrogen-bond donors (Lipinski definition) is 0. The number of hydrogen-bond acceptors (Lipinski definition) is 3. The van der Waals surface area contributed by atoms with Crippen molar-refractivity contribution in [2.24, 2.45) is 0 Å². The summed E-state index contributed by atoms with van der Waals surface area (Å²) in [5.74, 6) is -1.87. The van der Waals surface area contributed by atoms with Gasteiger partial charge in [0, 0.05) is 18.7 Å². The minimum absolute atomic E-state index is 0.0366. The highest BCUT2D eigenvalue weighted by Crippen LogP contribution is 2.25. The van der Waals surface area contributed by atoms with E-state index in [1.807, 2.05) is 0 Å². The van der Waals surface area contributed by atoms with E-state index in [4.69, 9.17) is 11.6 Å². The molecule has 138 valence electrons. The third-order valence-corrected chi connectivity index (χ3v) is 4.69. The lowest BCUT2D eigenvalue weighted by molar-refractivity contribution is 0.0708. The maximum atomic E-state index is 13.5. The second-order valence-electron chi connectivity index (χ2n) is 6.07. The van der Waals surface area contributed by atoms with Gasteiger partial charge in [-0.15, -0.1) is 10.2 Å². The van der Waals surface area contributed by atoms with Crippen LogP contribution in [0.4, 0.5) is 13.2 Å². The van der Waals surface area contributed by atoms with Crippen molar-refractivity contribution in [3.63, 3.8) is 0 Å². The van der Waals surface area contributed by atoms with E-state index >= 15 is 0 Å². The number of carbonyl (C=O) groups excluding carboxylic acids is 1. The van der Waals surface area contributed by atoms with Gasteiger partial charge in [0.2, 0.25) is 0 Å². The van der Waals surface area contributed by atoms with Crippen molar-refractivity contribution < 1.29 is 18.0 Å². The molecule has 0 N–H and O–H groups in total. The number of carbonyl (C=O) groups is 1. The molecule has 27 heavy (non-hydrogen) atoms. The van der Waals surface area contributed by atoms with Crippen molar-refractivity contribution in [2.75, 3.05) is 6.54 Å². The van der Waals surface area contributed by atoms with Crippen molar-refractivity contribution in [1.29, 1.82) is 0 Å². The highest BCUT2D eigenvalue weighted by Gasteiger charge is 2.27. The molecule has 0 fully saturated rings. The summed E-state index contributed by atoms with van der Waals surface area (Å²) in [7, 11) is 0. The fourth-order valence-electron chi connectivity index (χ4n) is 3.01. The summed E-state index contributed by atoms with van der Waals surface area (Å²) >= 11 is 5.97. The summed E-state index contributed by atoms with van der Waals surface area (Å²) in [4.78, 5) is 14.2. The lowest BCUT2D eigenvalue weighted by Gasteiger charge is -2.28. The number of benzene rings is 2. The molecule has 0 atom stereocenters. The van der Waals surface area contributed by atoms with E-state index < -0.39 is 17.5 Å². The SMILES string of the molecule is O=C(c1ccc(F)cc1Cl)N1CCn2c(nnc2-c2ccc(F)c(F)c2)C1. The molecular formula is C18H12ClF3N4O. The second kappa shape index (κ2) is 6.70. The number of nitrogens with zero attached hydrogens (tertiary/aromatic N) is 4. The average Bonchev–Trinajstić information content (AvgIpc) is 3.06. The molecule has 2 aromatic carbocycles. The standard InChI is InChI=1S/C18H12ClF3N4O/c19-13-8-11(20)2-3-12(13)18(27)25-5-6-26-16(9-25)23-24-17(26)10-1-4-14(21)15(22)7-10/h1-4,7-8H,5-6,9H2. The molecule has 0 saturated heterocycles. The Balaban J connectivity index is 1.60. The summed E-state index contributed by atoms with van der Waals surface area (Å²) in [6, 6.07) is 7.11. The van der Waals surface area contributed by atoms with Crippen LogP contribution in [0.2, 0.25) is 5.02 Å². The van der Waals surface area contributed by atoms with E-state index in [2.05, 4.69) is 10.2 Å². The molecule has 3 aromatic rings. The van der Waals surface area contributed by atoms with Crippen LogP contribution in [-0.2, 0) is 13.1 Å². The quantitative estimate of drug-likeness (QED) is 0.668. The van der Waals surface area contributed by atoms with Crippen LogP contribution in [0.25, 0.3) is 11.4 Å². The number of aromatic nitrogens is 3. The van der Waals surface area contributed by atoms with E-state index in [-0.39, 0.29) is 23.0 Å². The molecule has 0 aliphatic carbocycles. The first kappa shape index (κ1) is 17.5. The second-order valence-corrected chi connectivity index (χ2v) is 6.48. The minimum Gasteiger partial charge on any atom is -0.329 e. The molecule has 0 unspecified atom stereocenters. The number of rotatable bonds is 2. The molecule has 5 nitrogen and oxygen atoms in total. The molecule has 1 aromatic heterocycles. The van der Waals surface area contributed by atoms with Crippen LogP contribution in [0.3, 0.4) is 0 Å². The van der Waals surface area contributed by atoms with Crippen LogP contribution in [0, 0.1) is 17.5 Å². The Morgan fingerprint density at radius 1 is 1.00 bits per heavy atom. The molecule has 0 saturated carbocycles. The van der Waals surface area contributed by atoms with Gasteiger partial charge in [-0.25, -0.2) is 13.2 Å². The molecule has 2 heterocycles. The first-order valence-corrected chi connectivity index (χ1v) is 8.43. The zero-order chi connectivity index (χ0) is 19.1. The number of halogens is 4. The summed E-state index contributed by atoms with van der Waals surface area (Å²) in [5.41, 5.74) is 0.598. The molecule has 0 spiro atoms. The Kier molecular flexibility index (Phi) is 4.35. The van der Waals surface area contributed by atoms with Crippen molar-refractivity contribution >= 4 is 17.5 Å². The van der Waals surface area contributed by atoms with Gasteiger partial charge in [0.25, 0.3) is 5.91 Å². The smallest absolute Gasteiger partial charge is 0.255 e. The Morgan fingerprint density at radius 2 is 1.81 bits per heavy atom. The van der Waals surface area contributed by atoms with Crippen LogP contribution >= 0.6 is 11.6 Å². The maximum Gasteiger partial charge on any atom is 0.255 e. The van der Waals surface area contributed by atoms with Gasteiger partial charge in [0.1, 0.15) is 5.82 Å². The zero-order valence-corrected chi connectivity index (χ0v) is 14.6. The molecule has 1 aliphatic heterocycles. The van der Waals surface area contributed by atoms with E-state index in [1.54, 1.807) is 4.57 Å². The van der Waals surface area contributed by atoms with E-state index in [9.17, 15) is 18.0 Å². The Labute approximate surface area is 157 Å². The lowest BCUT2D eigenvalue weighted by Crippen LogP contribution is -2.38. The van der Waals surface area contributed by atoms with Gasteiger partial charge in [0.05, 0.1) is 17.1 Å². The first-order chi connectivity index (χ1) is 12.9. The van der Waals surface area contributed by atoms with Gasteiger partial charge >= 0.3 is 0 Å². The summed E-state index contributed by atoms with van der Waals surface area (Å²) < 4.78 is 41.6. The molecule has 0 bridgehead atoms. The molecular weight excluding hydrogens is 381 g/mol. The van der Waals surface area contributed by atoms with Gasteiger partial charge < -0.3 is 9.47 Å². The van der Waals surface area contributed by atoms with Crippen molar-refractivity contribution in [1.82, 2.24) is 19.7 Å². The Hall–Kier alpha value is -2.87. The largest absolute Gasteiger partial charge is 0.329 e. The lowest BCUT2D eigenvalue weighted by atomic mass is 10.1. The summed E-state index contributed by atoms with van der Waals surface area (Å²) in [5, 5.41) is 8.14. The fourth-order valence-corrected chi connectivity index (χ4v) is 3.26. The third kappa shape index (κ3) is 3.16. The zero-order valence-electron chi connectivity index (χ0n) is 13.8. The topological polar surface area (TPSA) is 51.0 Å². The van der Waals surface area contributed by atoms with Gasteiger partial charge in [-0.2, -0.15) is 0 Å². The van der Waals surface area contributed by atoms with E-state index in [0.717, 1.165) is 18.2 Å². The van der Waals surface area contributed by atoms with Gasteiger partial charge in [-0.05, 0) is 36.4 Å². The Bertz CT molecular complexity index is 1050. The predicted molar refractivity (Wildman–Crippen MR) is 91.5 cm³/mol. The van der Waals surface area contributed by atoms with Crippen molar-refractivity contribution in [3.8, 4) is 11.4 Å². The molecule has 1 aliphatic rings. The fraction of sp³-hybridized carbons (Fsp3) is 0.167. The normalized spacial score (nSPS) is 13.6. The van der Waals surface area contributed by atoms with E-state index in [1.165, 1.54) is 23.1 Å². The van der Waals surface area contributed by atoms with Crippen molar-refractivity contribution in [3.05, 3.63) is 70.3 Å². The van der Waals surface area contributed by atoms with Gasteiger partial charge in [-0.1, -0.05) is 11.6 Å². The highest BCUT2D eigenvalue weighted by molar-refractivity contribution is 6.33. The highest BCUT2D eigenvalue weighted by atomic mass is 35.5. The number of amides is 1. The predicted octanol–water partition coefficient (Wildman–Crippen LogP) is 3.67. The van der Waals surface area contributed by atoms with E-state index in [0.29, 0.717) is 30.3 Å². The molecule has 9 heteroatoms. The molecule has 0 radical (unpaired) electrons. The van der Waals surface area contributed by atoms with Crippen LogP contribution in [0.5, 0.6) is 0 Å². The first-order valence-electron chi connectivity index (χ1n) is 8.06. The van der Waals surface area contributed by atoms with Crippen molar-refractivity contribution in [2.45, 2.75) is 13.1 Å². The van der Waals surface area contributed by atoms with Gasteiger partial charge in [0.15, 0.2) is 23.3 Å². The third-order valence-electron chi connectivity index (χ3n) is 4.38. The van der Waals surface area contributed by atoms with Gasteiger partial charge in [-0.3, -0.25) is 4.79 Å². The molecule has 1 amide bonds. The van der Waals surface area contributed by atoms with Crippen LogP contribution in [-0.4, -0.2) is 32.1 Å². The summed E-state index contributed by atoms with van der Waals surface area (Å²) in [6.45, 7) is 0.888. The molecule has 4 rings (SSSR count). The van der Waals surface area contributed by atoms with Crippen LogP contribution in [0.15, 0.2) is 36.4 Å². The maximum absolute atomic E-state index is 13.5. The van der Waals surface area contributed by atoms with Crippen LogP contribution < -0.4 is 0 Å². The van der Waals surface area contributed by atoms with Crippen LogP contribution in [0.1, 0.15) is 16.2 Å². The Morgan fingerprint density at radius 3 is 2.56 bits per heavy atom. The average molecular weight is 393 g/mol. The monoisotopic (exact) mass is 392 g/mol. The number of fused-ring (bicyclic) bond motifs is 1.